The predicted octanol–water partition coefficient (Wildman–Crippen LogP) is 3.89. The lowest BCUT2D eigenvalue weighted by molar-refractivity contribution is 0.0781. The summed E-state index contributed by atoms with van der Waals surface area (Å²) in [6.45, 7) is 1.57. The first kappa shape index (κ1) is 17.2. The number of nitrogens with zero attached hydrogens (tertiary/aromatic N) is 1. The molecule has 1 aliphatic heterocycles. The highest BCUT2D eigenvalue weighted by molar-refractivity contribution is 6.01. The molecule has 4 rings (SSSR count). The van der Waals surface area contributed by atoms with E-state index in [0.717, 1.165) is 27.8 Å². The molecule has 0 aromatic heterocycles. The molecular formula is C22H21NO4. The Kier molecular flexibility index (Phi) is 4.59. The van der Waals surface area contributed by atoms with Gasteiger partial charge in [-0.25, -0.2) is 0 Å². The van der Waals surface area contributed by atoms with Crippen molar-refractivity contribution in [3.05, 3.63) is 65.7 Å². The average molecular weight is 363 g/mol. The van der Waals surface area contributed by atoms with Crippen molar-refractivity contribution in [1.29, 1.82) is 0 Å². The van der Waals surface area contributed by atoms with Gasteiger partial charge in [-0.15, -0.1) is 0 Å². The van der Waals surface area contributed by atoms with E-state index in [-0.39, 0.29) is 5.91 Å². The van der Waals surface area contributed by atoms with Crippen LogP contribution < -0.4 is 14.2 Å². The van der Waals surface area contributed by atoms with E-state index in [2.05, 4.69) is 0 Å². The van der Waals surface area contributed by atoms with Crippen LogP contribution in [0.2, 0.25) is 0 Å². The highest BCUT2D eigenvalue weighted by Gasteiger charge is 2.19. The van der Waals surface area contributed by atoms with Gasteiger partial charge in [0.1, 0.15) is 19.0 Å². The predicted molar refractivity (Wildman–Crippen MR) is 104 cm³/mol. The van der Waals surface area contributed by atoms with Crippen molar-refractivity contribution in [2.45, 2.75) is 6.54 Å². The fourth-order valence-electron chi connectivity index (χ4n) is 3.29. The molecule has 27 heavy (non-hydrogen) atoms. The lowest BCUT2D eigenvalue weighted by Gasteiger charge is -2.22. The Morgan fingerprint density at radius 2 is 1.70 bits per heavy atom. The first-order valence-electron chi connectivity index (χ1n) is 8.86. The largest absolute Gasteiger partial charge is 0.496 e. The van der Waals surface area contributed by atoms with E-state index in [1.54, 1.807) is 19.1 Å². The second-order valence-electron chi connectivity index (χ2n) is 6.54. The Labute approximate surface area is 158 Å². The zero-order chi connectivity index (χ0) is 18.8. The van der Waals surface area contributed by atoms with Gasteiger partial charge in [-0.3, -0.25) is 4.79 Å². The van der Waals surface area contributed by atoms with Gasteiger partial charge in [-0.2, -0.15) is 0 Å². The summed E-state index contributed by atoms with van der Waals surface area (Å²) in [5.41, 5.74) is 1.53. The topological polar surface area (TPSA) is 48.0 Å². The smallest absolute Gasteiger partial charge is 0.257 e. The van der Waals surface area contributed by atoms with Gasteiger partial charge in [0.25, 0.3) is 5.91 Å². The Morgan fingerprint density at radius 3 is 2.44 bits per heavy atom. The summed E-state index contributed by atoms with van der Waals surface area (Å²) in [6.07, 6.45) is 0. The number of carbonyl (C=O) groups is 1. The molecule has 0 N–H and O–H groups in total. The molecule has 5 heteroatoms. The maximum absolute atomic E-state index is 13.1. The second kappa shape index (κ2) is 7.19. The molecule has 0 aliphatic carbocycles. The van der Waals surface area contributed by atoms with Crippen LogP contribution in [0.15, 0.2) is 54.6 Å². The van der Waals surface area contributed by atoms with Gasteiger partial charge in [-0.05, 0) is 40.6 Å². The lowest BCUT2D eigenvalue weighted by atomic mass is 10.0. The number of fused-ring (bicyclic) bond motifs is 2. The van der Waals surface area contributed by atoms with Crippen LogP contribution in [0.1, 0.15) is 15.9 Å². The van der Waals surface area contributed by atoms with Crippen molar-refractivity contribution in [1.82, 2.24) is 4.90 Å². The van der Waals surface area contributed by atoms with Gasteiger partial charge in [0, 0.05) is 13.6 Å². The van der Waals surface area contributed by atoms with Crippen molar-refractivity contribution < 1.29 is 19.0 Å². The number of benzene rings is 3. The number of hydrogen-bond acceptors (Lipinski definition) is 4. The summed E-state index contributed by atoms with van der Waals surface area (Å²) in [5.74, 6) is 1.96. The molecule has 0 atom stereocenters. The zero-order valence-electron chi connectivity index (χ0n) is 15.4. The molecule has 1 heterocycles. The highest BCUT2D eigenvalue weighted by Crippen LogP contribution is 2.32. The summed E-state index contributed by atoms with van der Waals surface area (Å²) in [7, 11) is 3.37. The van der Waals surface area contributed by atoms with Gasteiger partial charge in [0.15, 0.2) is 11.5 Å². The van der Waals surface area contributed by atoms with Crippen LogP contribution in [-0.2, 0) is 6.54 Å². The third-order valence-corrected chi connectivity index (χ3v) is 4.67. The van der Waals surface area contributed by atoms with Gasteiger partial charge in [0.05, 0.1) is 12.7 Å². The molecular weight excluding hydrogens is 342 g/mol. The molecule has 0 spiro atoms. The highest BCUT2D eigenvalue weighted by atomic mass is 16.6. The Bertz CT molecular complexity index is 999. The van der Waals surface area contributed by atoms with Crippen molar-refractivity contribution in [2.24, 2.45) is 0 Å². The first-order valence-corrected chi connectivity index (χ1v) is 8.86. The number of ether oxygens (including phenoxy) is 3. The Balaban J connectivity index is 1.59. The van der Waals surface area contributed by atoms with Crippen LogP contribution in [0.25, 0.3) is 10.8 Å². The van der Waals surface area contributed by atoms with Crippen molar-refractivity contribution in [3.8, 4) is 17.2 Å². The minimum absolute atomic E-state index is 0.0903. The summed E-state index contributed by atoms with van der Waals surface area (Å²) in [4.78, 5) is 14.7. The molecule has 0 radical (unpaired) electrons. The van der Waals surface area contributed by atoms with Crippen LogP contribution in [0.3, 0.4) is 0 Å². The molecule has 1 amide bonds. The number of methoxy groups -OCH3 is 1. The van der Waals surface area contributed by atoms with E-state index in [1.807, 2.05) is 54.6 Å². The maximum atomic E-state index is 13.1. The number of carbonyl (C=O) groups excluding carboxylic acids is 1. The standard InChI is InChI=1S/C22H21NO4/c1-23(14-15-7-8-19-21(11-15)27-10-9-26-19)22(24)18-12-16-5-3-4-6-17(16)13-20(18)25-2/h3-8,11-13H,9-10,14H2,1-2H3. The van der Waals surface area contributed by atoms with E-state index < -0.39 is 0 Å². The molecule has 1 aliphatic rings. The molecule has 0 bridgehead atoms. The minimum Gasteiger partial charge on any atom is -0.496 e. The fraction of sp³-hybridized carbons (Fsp3) is 0.227. The number of rotatable bonds is 4. The summed E-state index contributed by atoms with van der Waals surface area (Å²) in [5, 5.41) is 2.05. The normalized spacial score (nSPS) is 12.7. The van der Waals surface area contributed by atoms with Crippen LogP contribution in [0.4, 0.5) is 0 Å². The Hall–Kier alpha value is -3.21. The molecule has 0 unspecified atom stereocenters. The van der Waals surface area contributed by atoms with E-state index in [4.69, 9.17) is 14.2 Å². The third kappa shape index (κ3) is 3.40. The molecule has 0 saturated carbocycles. The summed E-state index contributed by atoms with van der Waals surface area (Å²) in [6, 6.07) is 17.5. The zero-order valence-corrected chi connectivity index (χ0v) is 15.4. The number of amides is 1. The van der Waals surface area contributed by atoms with Gasteiger partial charge < -0.3 is 19.1 Å². The van der Waals surface area contributed by atoms with Crippen molar-refractivity contribution in [2.75, 3.05) is 27.4 Å². The fourth-order valence-corrected chi connectivity index (χ4v) is 3.29. The van der Waals surface area contributed by atoms with Crippen molar-refractivity contribution in [3.63, 3.8) is 0 Å². The van der Waals surface area contributed by atoms with Crippen LogP contribution in [0.5, 0.6) is 17.2 Å². The lowest BCUT2D eigenvalue weighted by Crippen LogP contribution is -2.26. The Morgan fingerprint density at radius 1 is 1.00 bits per heavy atom. The van der Waals surface area contributed by atoms with E-state index >= 15 is 0 Å². The van der Waals surface area contributed by atoms with Crippen molar-refractivity contribution >= 4 is 16.7 Å². The molecule has 5 nitrogen and oxygen atoms in total. The number of hydrogen-bond donors (Lipinski definition) is 0. The quantitative estimate of drug-likeness (QED) is 0.706. The molecule has 3 aromatic rings. The van der Waals surface area contributed by atoms with Crippen LogP contribution >= 0.6 is 0 Å². The third-order valence-electron chi connectivity index (χ3n) is 4.67. The van der Waals surface area contributed by atoms with E-state index in [0.29, 0.717) is 31.1 Å². The molecule has 138 valence electrons. The summed E-state index contributed by atoms with van der Waals surface area (Å²) < 4.78 is 16.6. The minimum atomic E-state index is -0.0903. The van der Waals surface area contributed by atoms with Crippen LogP contribution in [-0.4, -0.2) is 38.2 Å². The second-order valence-corrected chi connectivity index (χ2v) is 6.54. The molecule has 0 fully saturated rings. The average Bonchev–Trinajstić information content (AvgIpc) is 2.72. The summed E-state index contributed by atoms with van der Waals surface area (Å²) >= 11 is 0. The van der Waals surface area contributed by atoms with Crippen LogP contribution in [0, 0.1) is 0 Å². The monoisotopic (exact) mass is 363 g/mol. The first-order chi connectivity index (χ1) is 13.2. The molecule has 0 saturated heterocycles. The molecule has 3 aromatic carbocycles. The SMILES string of the molecule is COc1cc2ccccc2cc1C(=O)N(C)Cc1ccc2c(c1)OCCO2. The van der Waals surface area contributed by atoms with Gasteiger partial charge in [0.2, 0.25) is 0 Å². The van der Waals surface area contributed by atoms with Gasteiger partial charge >= 0.3 is 0 Å². The van der Waals surface area contributed by atoms with E-state index in [9.17, 15) is 4.79 Å². The van der Waals surface area contributed by atoms with Gasteiger partial charge in [-0.1, -0.05) is 30.3 Å². The maximum Gasteiger partial charge on any atom is 0.257 e. The van der Waals surface area contributed by atoms with E-state index in [1.165, 1.54) is 0 Å².